The number of hydrogen-bond donors (Lipinski definition) is 2. The third-order valence-electron chi connectivity index (χ3n) is 2.96. The number of pyridine rings is 1. The topological polar surface area (TPSA) is 53.4 Å². The van der Waals surface area contributed by atoms with Crippen molar-refractivity contribution in [2.45, 2.75) is 31.6 Å². The molecule has 1 aliphatic carbocycles. The van der Waals surface area contributed by atoms with E-state index in [1.165, 1.54) is 12.8 Å². The van der Waals surface area contributed by atoms with E-state index in [1.54, 1.807) is 18.5 Å². The Morgan fingerprint density at radius 1 is 1.29 bits per heavy atom. The number of aromatic nitrogens is 1. The van der Waals surface area contributed by atoms with Crippen molar-refractivity contribution in [3.8, 4) is 0 Å². The van der Waals surface area contributed by atoms with E-state index in [0.29, 0.717) is 11.4 Å². The summed E-state index contributed by atoms with van der Waals surface area (Å²) in [5, 5.41) is 18.4. The zero-order valence-electron chi connectivity index (χ0n) is 8.06. The molecule has 14 heavy (non-hydrogen) atoms. The monoisotopic (exact) mass is 191 g/mol. The molecule has 0 saturated heterocycles. The Morgan fingerprint density at radius 2 is 2.00 bits per heavy atom. The molecule has 4 heteroatoms. The highest BCUT2D eigenvalue weighted by Crippen LogP contribution is 2.32. The van der Waals surface area contributed by atoms with Gasteiger partial charge < -0.3 is 10.0 Å². The molecule has 0 radical (unpaired) electrons. The zero-order valence-corrected chi connectivity index (χ0v) is 8.06. The summed E-state index contributed by atoms with van der Waals surface area (Å²) in [5.74, 6) is 0.473. The molecule has 0 unspecified atom stereocenters. The van der Waals surface area contributed by atoms with Gasteiger partial charge >= 0.3 is 7.12 Å². The zero-order chi connectivity index (χ0) is 9.97. The molecule has 1 fully saturated rings. The number of nitrogens with zero attached hydrogens (tertiary/aromatic N) is 1. The van der Waals surface area contributed by atoms with Crippen LogP contribution in [0.4, 0.5) is 0 Å². The van der Waals surface area contributed by atoms with Crippen molar-refractivity contribution in [1.29, 1.82) is 0 Å². The van der Waals surface area contributed by atoms with Crippen molar-refractivity contribution < 1.29 is 10.0 Å². The molecule has 1 aromatic rings. The van der Waals surface area contributed by atoms with Crippen LogP contribution in [0.1, 0.15) is 37.2 Å². The van der Waals surface area contributed by atoms with Crippen molar-refractivity contribution in [3.63, 3.8) is 0 Å². The highest BCUT2D eigenvalue weighted by molar-refractivity contribution is 6.59. The lowest BCUT2D eigenvalue weighted by Gasteiger charge is -2.13. The molecule has 0 atom stereocenters. The third kappa shape index (κ3) is 1.81. The summed E-state index contributed by atoms with van der Waals surface area (Å²) >= 11 is 0. The predicted molar refractivity (Wildman–Crippen MR) is 55.3 cm³/mol. The van der Waals surface area contributed by atoms with Gasteiger partial charge in [0.25, 0.3) is 0 Å². The first-order valence-corrected chi connectivity index (χ1v) is 5.09. The van der Waals surface area contributed by atoms with Crippen LogP contribution in [0.2, 0.25) is 0 Å². The van der Waals surface area contributed by atoms with E-state index in [2.05, 4.69) is 4.98 Å². The van der Waals surface area contributed by atoms with E-state index in [9.17, 15) is 10.0 Å². The van der Waals surface area contributed by atoms with E-state index < -0.39 is 7.12 Å². The van der Waals surface area contributed by atoms with Gasteiger partial charge in [0.2, 0.25) is 0 Å². The van der Waals surface area contributed by atoms with Crippen LogP contribution in [-0.4, -0.2) is 22.2 Å². The lowest BCUT2D eigenvalue weighted by Crippen LogP contribution is -2.33. The fourth-order valence-corrected chi connectivity index (χ4v) is 2.23. The van der Waals surface area contributed by atoms with E-state index in [0.717, 1.165) is 18.4 Å². The Bertz CT molecular complexity index is 311. The Hall–Kier alpha value is -0.865. The molecule has 1 aliphatic rings. The highest BCUT2D eigenvalue weighted by Gasteiger charge is 2.24. The Morgan fingerprint density at radius 3 is 2.64 bits per heavy atom. The largest absolute Gasteiger partial charge is 0.488 e. The van der Waals surface area contributed by atoms with Crippen molar-refractivity contribution in [2.24, 2.45) is 0 Å². The Labute approximate surface area is 84.0 Å². The van der Waals surface area contributed by atoms with Crippen molar-refractivity contribution in [3.05, 3.63) is 24.0 Å². The summed E-state index contributed by atoms with van der Waals surface area (Å²) in [6.07, 6.45) is 8.13. The molecule has 2 rings (SSSR count). The minimum absolute atomic E-state index is 0.473. The van der Waals surface area contributed by atoms with Gasteiger partial charge in [-0.15, -0.1) is 0 Å². The second-order valence-corrected chi connectivity index (χ2v) is 3.86. The average Bonchev–Trinajstić information content (AvgIpc) is 2.70. The Balaban J connectivity index is 2.30. The van der Waals surface area contributed by atoms with Crippen LogP contribution in [-0.2, 0) is 0 Å². The van der Waals surface area contributed by atoms with Crippen molar-refractivity contribution in [1.82, 2.24) is 4.98 Å². The minimum Gasteiger partial charge on any atom is -0.423 e. The van der Waals surface area contributed by atoms with Gasteiger partial charge in [0.15, 0.2) is 0 Å². The normalized spacial score (nSPS) is 17.3. The van der Waals surface area contributed by atoms with Crippen LogP contribution >= 0.6 is 0 Å². The summed E-state index contributed by atoms with van der Waals surface area (Å²) < 4.78 is 0. The lowest BCUT2D eigenvalue weighted by atomic mass is 9.74. The van der Waals surface area contributed by atoms with Crippen LogP contribution in [0.5, 0.6) is 0 Å². The maximum atomic E-state index is 9.19. The fraction of sp³-hybridized carbons (Fsp3) is 0.500. The summed E-state index contributed by atoms with van der Waals surface area (Å²) in [6, 6.07) is 1.69. The molecule has 0 aromatic carbocycles. The van der Waals surface area contributed by atoms with Crippen LogP contribution in [0.15, 0.2) is 18.5 Å². The van der Waals surface area contributed by atoms with Gasteiger partial charge in [-0.05, 0) is 35.9 Å². The second kappa shape index (κ2) is 4.11. The molecular formula is C10H14BNO2. The van der Waals surface area contributed by atoms with Gasteiger partial charge in [0.1, 0.15) is 0 Å². The van der Waals surface area contributed by atoms with E-state index in [1.807, 2.05) is 0 Å². The van der Waals surface area contributed by atoms with Gasteiger partial charge in [0.05, 0.1) is 0 Å². The van der Waals surface area contributed by atoms with Crippen LogP contribution in [0.25, 0.3) is 0 Å². The third-order valence-corrected chi connectivity index (χ3v) is 2.96. The first kappa shape index (κ1) is 9.68. The van der Waals surface area contributed by atoms with Gasteiger partial charge in [0, 0.05) is 12.4 Å². The molecule has 1 heterocycles. The molecule has 0 amide bonds. The van der Waals surface area contributed by atoms with E-state index in [4.69, 9.17) is 0 Å². The van der Waals surface area contributed by atoms with Crippen LogP contribution in [0.3, 0.4) is 0 Å². The van der Waals surface area contributed by atoms with Gasteiger partial charge in [-0.3, -0.25) is 4.98 Å². The fourth-order valence-electron chi connectivity index (χ4n) is 2.23. The molecule has 74 valence electrons. The standard InChI is InChI=1S/C10H14BNO2/c13-11(14)10-5-6-12-7-9(10)8-3-1-2-4-8/h5-8,13-14H,1-4H2. The Kier molecular flexibility index (Phi) is 2.84. The molecule has 0 spiro atoms. The predicted octanol–water partition coefficient (Wildman–Crippen LogP) is 0.419. The SMILES string of the molecule is OB(O)c1ccncc1C1CCCC1. The summed E-state index contributed by atoms with van der Waals surface area (Å²) in [6.45, 7) is 0. The summed E-state index contributed by atoms with van der Waals surface area (Å²) in [5.41, 5.74) is 1.63. The second-order valence-electron chi connectivity index (χ2n) is 3.86. The molecule has 1 saturated carbocycles. The van der Waals surface area contributed by atoms with Crippen molar-refractivity contribution in [2.75, 3.05) is 0 Å². The number of hydrogen-bond acceptors (Lipinski definition) is 3. The van der Waals surface area contributed by atoms with Crippen LogP contribution in [0, 0.1) is 0 Å². The van der Waals surface area contributed by atoms with Gasteiger partial charge in [-0.2, -0.15) is 0 Å². The smallest absolute Gasteiger partial charge is 0.423 e. The maximum absolute atomic E-state index is 9.19. The quantitative estimate of drug-likeness (QED) is 0.666. The number of rotatable bonds is 2. The van der Waals surface area contributed by atoms with E-state index in [-0.39, 0.29) is 0 Å². The van der Waals surface area contributed by atoms with E-state index >= 15 is 0 Å². The molecule has 3 nitrogen and oxygen atoms in total. The molecular weight excluding hydrogens is 177 g/mol. The van der Waals surface area contributed by atoms with Crippen LogP contribution < -0.4 is 5.46 Å². The molecule has 0 bridgehead atoms. The molecule has 2 N–H and O–H groups in total. The lowest BCUT2D eigenvalue weighted by molar-refractivity contribution is 0.425. The average molecular weight is 191 g/mol. The first-order chi connectivity index (χ1) is 6.79. The molecule has 0 aliphatic heterocycles. The van der Waals surface area contributed by atoms with Gasteiger partial charge in [-0.25, -0.2) is 0 Å². The van der Waals surface area contributed by atoms with Gasteiger partial charge in [-0.1, -0.05) is 12.8 Å². The minimum atomic E-state index is -1.37. The maximum Gasteiger partial charge on any atom is 0.488 e. The summed E-state index contributed by atoms with van der Waals surface area (Å²) in [7, 11) is -1.37. The summed E-state index contributed by atoms with van der Waals surface area (Å²) in [4.78, 5) is 4.05. The highest BCUT2D eigenvalue weighted by atomic mass is 16.4. The molecule has 1 aromatic heterocycles. The van der Waals surface area contributed by atoms with Crippen molar-refractivity contribution >= 4 is 12.6 Å². The first-order valence-electron chi connectivity index (χ1n) is 5.09.